The summed E-state index contributed by atoms with van der Waals surface area (Å²) in [5.41, 5.74) is 1.33. The second-order valence-electron chi connectivity index (χ2n) is 8.48. The summed E-state index contributed by atoms with van der Waals surface area (Å²) in [5, 5.41) is 6.04. The Hall–Kier alpha value is -3.59. The number of benzene rings is 3. The standard InChI is InChI=1S/C26H28FN3O4S/c1-34-23-11-12-25(27)19(14-23)17-28-22-13-18(26(31)29-20-7-5-6-8-20)15-24(16-22)35(32,33)30-21-9-3-2-4-10-21/h2-4,9-16,20,28,30H,5-8,17H2,1H3,(H,29,31). The monoisotopic (exact) mass is 497 g/mol. The van der Waals surface area contributed by atoms with Crippen LogP contribution in [0.3, 0.4) is 0 Å². The first-order valence-electron chi connectivity index (χ1n) is 11.4. The van der Waals surface area contributed by atoms with Gasteiger partial charge in [0.2, 0.25) is 0 Å². The van der Waals surface area contributed by atoms with Crippen LogP contribution in [0.15, 0.2) is 71.6 Å². The molecule has 0 aliphatic heterocycles. The zero-order valence-corrected chi connectivity index (χ0v) is 20.2. The number of hydrogen-bond donors (Lipinski definition) is 3. The van der Waals surface area contributed by atoms with Crippen LogP contribution in [-0.2, 0) is 16.6 Å². The van der Waals surface area contributed by atoms with Crippen molar-refractivity contribution in [2.45, 2.75) is 43.2 Å². The van der Waals surface area contributed by atoms with E-state index in [0.717, 1.165) is 25.7 Å². The van der Waals surface area contributed by atoms with Crippen molar-refractivity contribution >= 4 is 27.3 Å². The Labute approximate surface area is 204 Å². The average molecular weight is 498 g/mol. The number of sulfonamides is 1. The van der Waals surface area contributed by atoms with Gasteiger partial charge < -0.3 is 15.4 Å². The normalized spacial score (nSPS) is 13.9. The van der Waals surface area contributed by atoms with Crippen LogP contribution in [0.5, 0.6) is 5.75 Å². The lowest BCUT2D eigenvalue weighted by Gasteiger charge is -2.16. The smallest absolute Gasteiger partial charge is 0.261 e. The zero-order chi connectivity index (χ0) is 24.8. The van der Waals surface area contributed by atoms with Gasteiger partial charge >= 0.3 is 0 Å². The molecule has 1 saturated carbocycles. The molecule has 0 aromatic heterocycles. The summed E-state index contributed by atoms with van der Waals surface area (Å²) in [7, 11) is -2.49. The van der Waals surface area contributed by atoms with Crippen molar-refractivity contribution in [1.29, 1.82) is 0 Å². The van der Waals surface area contributed by atoms with Crippen molar-refractivity contribution in [2.75, 3.05) is 17.1 Å². The molecule has 0 saturated heterocycles. The summed E-state index contributed by atoms with van der Waals surface area (Å²) in [5.74, 6) is -0.264. The van der Waals surface area contributed by atoms with Crippen LogP contribution in [-0.4, -0.2) is 27.5 Å². The van der Waals surface area contributed by atoms with E-state index in [1.165, 1.54) is 31.4 Å². The van der Waals surface area contributed by atoms with Crippen molar-refractivity contribution < 1.29 is 22.3 Å². The molecule has 7 nitrogen and oxygen atoms in total. The van der Waals surface area contributed by atoms with Gasteiger partial charge in [-0.2, -0.15) is 0 Å². The number of hydrogen-bond acceptors (Lipinski definition) is 5. The molecular formula is C26H28FN3O4S. The van der Waals surface area contributed by atoms with Gasteiger partial charge in [-0.3, -0.25) is 9.52 Å². The number of anilines is 2. The minimum absolute atomic E-state index is 0.0718. The van der Waals surface area contributed by atoms with E-state index < -0.39 is 15.8 Å². The van der Waals surface area contributed by atoms with Crippen molar-refractivity contribution in [1.82, 2.24) is 5.32 Å². The number of nitrogens with one attached hydrogen (secondary N) is 3. The molecule has 3 aromatic rings. The summed E-state index contributed by atoms with van der Waals surface area (Å²) in [6, 6.07) is 17.3. The SMILES string of the molecule is COc1ccc(F)c(CNc2cc(C(=O)NC3CCCC3)cc(S(=O)(=O)Nc3ccccc3)c2)c1. The van der Waals surface area contributed by atoms with E-state index in [9.17, 15) is 17.6 Å². The van der Waals surface area contributed by atoms with Crippen LogP contribution in [0.4, 0.5) is 15.8 Å². The van der Waals surface area contributed by atoms with E-state index in [-0.39, 0.29) is 29.0 Å². The highest BCUT2D eigenvalue weighted by molar-refractivity contribution is 7.92. The predicted octanol–water partition coefficient (Wildman–Crippen LogP) is 4.92. The molecule has 0 atom stereocenters. The third kappa shape index (κ3) is 6.30. The molecule has 0 heterocycles. The highest BCUT2D eigenvalue weighted by Crippen LogP contribution is 2.25. The predicted molar refractivity (Wildman–Crippen MR) is 134 cm³/mol. The lowest BCUT2D eigenvalue weighted by Crippen LogP contribution is -2.32. The Kier molecular flexibility index (Phi) is 7.55. The van der Waals surface area contributed by atoms with Crippen LogP contribution >= 0.6 is 0 Å². The molecular weight excluding hydrogens is 469 g/mol. The number of rotatable bonds is 9. The molecule has 4 rings (SSSR count). The Balaban J connectivity index is 1.63. The lowest BCUT2D eigenvalue weighted by atomic mass is 10.1. The third-order valence-corrected chi connectivity index (χ3v) is 7.29. The van der Waals surface area contributed by atoms with E-state index in [4.69, 9.17) is 4.74 Å². The van der Waals surface area contributed by atoms with Gasteiger partial charge in [-0.1, -0.05) is 31.0 Å². The highest BCUT2D eigenvalue weighted by atomic mass is 32.2. The van der Waals surface area contributed by atoms with E-state index in [1.54, 1.807) is 42.5 Å². The largest absolute Gasteiger partial charge is 0.497 e. The summed E-state index contributed by atoms with van der Waals surface area (Å²) >= 11 is 0. The van der Waals surface area contributed by atoms with Crippen LogP contribution in [0.1, 0.15) is 41.6 Å². The fourth-order valence-electron chi connectivity index (χ4n) is 4.06. The Morgan fingerprint density at radius 1 is 1.00 bits per heavy atom. The minimum Gasteiger partial charge on any atom is -0.497 e. The molecule has 3 N–H and O–H groups in total. The first-order valence-corrected chi connectivity index (χ1v) is 12.9. The van der Waals surface area contributed by atoms with E-state index in [1.807, 2.05) is 0 Å². The number of carbonyl (C=O) groups excluding carboxylic acids is 1. The average Bonchev–Trinajstić information content (AvgIpc) is 3.37. The second-order valence-corrected chi connectivity index (χ2v) is 10.2. The number of amides is 1. The lowest BCUT2D eigenvalue weighted by molar-refractivity contribution is 0.0937. The molecule has 9 heteroatoms. The Morgan fingerprint density at radius 2 is 1.74 bits per heavy atom. The Bertz CT molecular complexity index is 1290. The molecule has 1 aliphatic carbocycles. The molecule has 1 amide bonds. The van der Waals surface area contributed by atoms with Crippen molar-refractivity contribution in [3.8, 4) is 5.75 Å². The van der Waals surface area contributed by atoms with Gasteiger partial charge in [0.1, 0.15) is 11.6 Å². The third-order valence-electron chi connectivity index (χ3n) is 5.93. The Morgan fingerprint density at radius 3 is 2.46 bits per heavy atom. The molecule has 3 aromatic carbocycles. The molecule has 0 bridgehead atoms. The molecule has 0 spiro atoms. The summed E-state index contributed by atoms with van der Waals surface area (Å²) in [6.45, 7) is 0.0718. The van der Waals surface area contributed by atoms with Gasteiger partial charge in [0.25, 0.3) is 15.9 Å². The maximum atomic E-state index is 14.3. The van der Waals surface area contributed by atoms with Crippen molar-refractivity contribution in [2.24, 2.45) is 0 Å². The zero-order valence-electron chi connectivity index (χ0n) is 19.4. The first kappa shape index (κ1) is 24.5. The van der Waals surface area contributed by atoms with Crippen LogP contribution in [0, 0.1) is 5.82 Å². The summed E-state index contributed by atoms with van der Waals surface area (Å²) < 4.78 is 48.3. The van der Waals surface area contributed by atoms with E-state index in [0.29, 0.717) is 22.7 Å². The summed E-state index contributed by atoms with van der Waals surface area (Å²) in [6.07, 6.45) is 3.91. The van der Waals surface area contributed by atoms with E-state index >= 15 is 0 Å². The van der Waals surface area contributed by atoms with Gasteiger partial charge in [-0.15, -0.1) is 0 Å². The number of para-hydroxylation sites is 1. The fourth-order valence-corrected chi connectivity index (χ4v) is 5.19. The summed E-state index contributed by atoms with van der Waals surface area (Å²) in [4.78, 5) is 12.9. The molecule has 35 heavy (non-hydrogen) atoms. The number of methoxy groups -OCH3 is 1. The van der Waals surface area contributed by atoms with Crippen molar-refractivity contribution in [3.05, 3.63) is 83.7 Å². The number of halogens is 1. The second kappa shape index (κ2) is 10.8. The quantitative estimate of drug-likeness (QED) is 0.390. The molecule has 1 aliphatic rings. The highest BCUT2D eigenvalue weighted by Gasteiger charge is 2.22. The minimum atomic E-state index is -3.98. The molecule has 184 valence electrons. The van der Waals surface area contributed by atoms with Crippen molar-refractivity contribution in [3.63, 3.8) is 0 Å². The fraction of sp³-hybridized carbons (Fsp3) is 0.269. The number of ether oxygens (including phenoxy) is 1. The maximum Gasteiger partial charge on any atom is 0.261 e. The first-order chi connectivity index (χ1) is 16.8. The maximum absolute atomic E-state index is 14.3. The van der Waals surface area contributed by atoms with Crippen LogP contribution in [0.2, 0.25) is 0 Å². The van der Waals surface area contributed by atoms with Gasteiger partial charge in [-0.05, 0) is 61.4 Å². The van der Waals surface area contributed by atoms with Gasteiger partial charge in [0.15, 0.2) is 0 Å². The van der Waals surface area contributed by atoms with Crippen LogP contribution in [0.25, 0.3) is 0 Å². The van der Waals surface area contributed by atoms with Gasteiger partial charge in [-0.25, -0.2) is 12.8 Å². The van der Waals surface area contributed by atoms with Gasteiger partial charge in [0.05, 0.1) is 12.0 Å². The molecule has 0 radical (unpaired) electrons. The topological polar surface area (TPSA) is 96.5 Å². The van der Waals surface area contributed by atoms with E-state index in [2.05, 4.69) is 15.4 Å². The molecule has 0 unspecified atom stereocenters. The molecule has 1 fully saturated rings. The van der Waals surface area contributed by atoms with Gasteiger partial charge in [0, 0.05) is 35.1 Å². The van der Waals surface area contributed by atoms with Crippen LogP contribution < -0.4 is 20.1 Å². The number of carbonyl (C=O) groups is 1.